The van der Waals surface area contributed by atoms with Crippen LogP contribution in [-0.4, -0.2) is 0 Å². The summed E-state index contributed by atoms with van der Waals surface area (Å²) in [5, 5.41) is 0. The summed E-state index contributed by atoms with van der Waals surface area (Å²) < 4.78 is 5.61. The molecular formula is C14H16O. The zero-order valence-electron chi connectivity index (χ0n) is 9.23. The van der Waals surface area contributed by atoms with Crippen LogP contribution in [0.1, 0.15) is 13.8 Å². The molecule has 0 radical (unpaired) electrons. The van der Waals surface area contributed by atoms with Gasteiger partial charge in [0.2, 0.25) is 0 Å². The van der Waals surface area contributed by atoms with Crippen LogP contribution in [0.3, 0.4) is 0 Å². The SMILES string of the molecule is C=C/C(=C\C=C(C)C)Oc1ccccc1. The molecule has 0 saturated carbocycles. The maximum Gasteiger partial charge on any atom is 0.127 e. The minimum Gasteiger partial charge on any atom is -0.457 e. The molecule has 0 spiro atoms. The maximum absolute atomic E-state index is 5.61. The topological polar surface area (TPSA) is 9.23 Å². The van der Waals surface area contributed by atoms with Gasteiger partial charge in [-0.25, -0.2) is 0 Å². The Kier molecular flexibility index (Phi) is 4.42. The van der Waals surface area contributed by atoms with E-state index in [-0.39, 0.29) is 0 Å². The Bertz CT molecular complexity index is 368. The van der Waals surface area contributed by atoms with Gasteiger partial charge >= 0.3 is 0 Å². The van der Waals surface area contributed by atoms with Crippen LogP contribution in [0.5, 0.6) is 5.75 Å². The molecule has 15 heavy (non-hydrogen) atoms. The van der Waals surface area contributed by atoms with Crippen molar-refractivity contribution in [2.24, 2.45) is 0 Å². The predicted molar refractivity (Wildman–Crippen MR) is 64.8 cm³/mol. The molecule has 0 unspecified atom stereocenters. The number of rotatable bonds is 4. The third-order valence-electron chi connectivity index (χ3n) is 1.76. The van der Waals surface area contributed by atoms with Gasteiger partial charge in [-0.1, -0.05) is 36.4 Å². The van der Waals surface area contributed by atoms with Crippen molar-refractivity contribution in [3.8, 4) is 5.75 Å². The Hall–Kier alpha value is -1.76. The number of allylic oxidation sites excluding steroid dienone is 4. The summed E-state index contributed by atoms with van der Waals surface area (Å²) >= 11 is 0. The molecule has 0 amide bonds. The van der Waals surface area contributed by atoms with Gasteiger partial charge in [-0.2, -0.15) is 0 Å². The molecule has 0 fully saturated rings. The van der Waals surface area contributed by atoms with Gasteiger partial charge in [0.25, 0.3) is 0 Å². The molecule has 1 aromatic carbocycles. The fraction of sp³-hybridized carbons (Fsp3) is 0.143. The molecule has 1 rings (SSSR count). The van der Waals surface area contributed by atoms with Gasteiger partial charge in [-0.3, -0.25) is 0 Å². The quantitative estimate of drug-likeness (QED) is 0.525. The lowest BCUT2D eigenvalue weighted by molar-refractivity contribution is 0.445. The van der Waals surface area contributed by atoms with Crippen LogP contribution >= 0.6 is 0 Å². The van der Waals surface area contributed by atoms with Crippen molar-refractivity contribution in [2.75, 3.05) is 0 Å². The monoisotopic (exact) mass is 200 g/mol. The highest BCUT2D eigenvalue weighted by atomic mass is 16.5. The van der Waals surface area contributed by atoms with Gasteiger partial charge in [-0.15, -0.1) is 0 Å². The van der Waals surface area contributed by atoms with Gasteiger partial charge in [0.05, 0.1) is 0 Å². The first-order valence-electron chi connectivity index (χ1n) is 4.93. The van der Waals surface area contributed by atoms with Gasteiger partial charge in [-0.05, 0) is 38.1 Å². The molecule has 0 bridgehead atoms. The average molecular weight is 200 g/mol. The average Bonchev–Trinajstić information content (AvgIpc) is 2.25. The minimum absolute atomic E-state index is 0.752. The van der Waals surface area contributed by atoms with Crippen LogP contribution in [0.2, 0.25) is 0 Å². The zero-order chi connectivity index (χ0) is 11.1. The Morgan fingerprint density at radius 2 is 1.80 bits per heavy atom. The van der Waals surface area contributed by atoms with Gasteiger partial charge in [0, 0.05) is 0 Å². The van der Waals surface area contributed by atoms with E-state index in [9.17, 15) is 0 Å². The van der Waals surface area contributed by atoms with E-state index in [0.717, 1.165) is 11.5 Å². The molecule has 0 aliphatic heterocycles. The summed E-state index contributed by atoms with van der Waals surface area (Å²) in [6.45, 7) is 7.80. The Morgan fingerprint density at radius 1 is 1.13 bits per heavy atom. The van der Waals surface area contributed by atoms with Crippen molar-refractivity contribution >= 4 is 0 Å². The smallest absolute Gasteiger partial charge is 0.127 e. The first kappa shape index (κ1) is 11.3. The van der Waals surface area contributed by atoms with Crippen LogP contribution in [-0.2, 0) is 0 Å². The van der Waals surface area contributed by atoms with Gasteiger partial charge < -0.3 is 4.74 Å². The third-order valence-corrected chi connectivity index (χ3v) is 1.76. The molecule has 1 aromatic rings. The molecule has 1 nitrogen and oxygen atoms in total. The number of para-hydroxylation sites is 1. The molecule has 0 atom stereocenters. The Balaban J connectivity index is 2.75. The second-order valence-electron chi connectivity index (χ2n) is 3.43. The van der Waals surface area contributed by atoms with E-state index in [1.165, 1.54) is 5.57 Å². The second-order valence-corrected chi connectivity index (χ2v) is 3.43. The van der Waals surface area contributed by atoms with Crippen LogP contribution in [0.4, 0.5) is 0 Å². The summed E-state index contributed by atoms with van der Waals surface area (Å²) in [7, 11) is 0. The molecule has 0 heterocycles. The normalized spacial score (nSPS) is 10.7. The lowest BCUT2D eigenvalue weighted by atomic mass is 10.3. The highest BCUT2D eigenvalue weighted by molar-refractivity contribution is 5.27. The largest absolute Gasteiger partial charge is 0.457 e. The highest BCUT2D eigenvalue weighted by Crippen LogP contribution is 2.13. The maximum atomic E-state index is 5.61. The second kappa shape index (κ2) is 5.86. The van der Waals surface area contributed by atoms with Crippen molar-refractivity contribution in [1.82, 2.24) is 0 Å². The lowest BCUT2D eigenvalue weighted by Gasteiger charge is -2.04. The summed E-state index contributed by atoms with van der Waals surface area (Å²) in [5.41, 5.74) is 1.23. The third kappa shape index (κ3) is 4.32. The van der Waals surface area contributed by atoms with Crippen molar-refractivity contribution in [2.45, 2.75) is 13.8 Å². The van der Waals surface area contributed by atoms with E-state index in [1.54, 1.807) is 6.08 Å². The molecule has 0 N–H and O–H groups in total. The van der Waals surface area contributed by atoms with Crippen LogP contribution < -0.4 is 4.74 Å². The van der Waals surface area contributed by atoms with Crippen molar-refractivity contribution in [1.29, 1.82) is 0 Å². The summed E-state index contributed by atoms with van der Waals surface area (Å²) in [5.74, 6) is 1.58. The van der Waals surface area contributed by atoms with E-state index >= 15 is 0 Å². The molecular weight excluding hydrogens is 184 g/mol. The van der Waals surface area contributed by atoms with Crippen molar-refractivity contribution in [3.05, 3.63) is 66.5 Å². The molecule has 0 saturated heterocycles. The van der Waals surface area contributed by atoms with E-state index < -0.39 is 0 Å². The van der Waals surface area contributed by atoms with Crippen LogP contribution in [0, 0.1) is 0 Å². The Labute approximate surface area is 91.4 Å². The standard InChI is InChI=1S/C14H16O/c1-4-13(11-10-12(2)3)15-14-8-6-5-7-9-14/h4-11H,1H2,2-3H3/b13-11+. The molecule has 0 aliphatic rings. The minimum atomic E-state index is 0.752. The highest BCUT2D eigenvalue weighted by Gasteiger charge is 1.93. The fourth-order valence-corrected chi connectivity index (χ4v) is 1.02. The van der Waals surface area contributed by atoms with E-state index in [1.807, 2.05) is 56.3 Å². The first-order chi connectivity index (χ1) is 7.22. The first-order valence-corrected chi connectivity index (χ1v) is 4.93. The van der Waals surface area contributed by atoms with E-state index in [4.69, 9.17) is 4.74 Å². The van der Waals surface area contributed by atoms with Crippen LogP contribution in [0.25, 0.3) is 0 Å². The summed E-state index contributed by atoms with van der Waals surface area (Å²) in [4.78, 5) is 0. The Morgan fingerprint density at radius 3 is 2.33 bits per heavy atom. The van der Waals surface area contributed by atoms with Crippen molar-refractivity contribution in [3.63, 3.8) is 0 Å². The van der Waals surface area contributed by atoms with Crippen molar-refractivity contribution < 1.29 is 4.74 Å². The molecule has 78 valence electrons. The zero-order valence-corrected chi connectivity index (χ0v) is 9.23. The number of hydrogen-bond acceptors (Lipinski definition) is 1. The molecule has 0 aromatic heterocycles. The fourth-order valence-electron chi connectivity index (χ4n) is 1.02. The number of hydrogen-bond donors (Lipinski definition) is 0. The molecule has 0 aliphatic carbocycles. The lowest BCUT2D eigenvalue weighted by Crippen LogP contribution is -1.90. The summed E-state index contributed by atoms with van der Waals surface area (Å²) in [6, 6.07) is 9.67. The van der Waals surface area contributed by atoms with Gasteiger partial charge in [0.15, 0.2) is 0 Å². The van der Waals surface area contributed by atoms with Gasteiger partial charge in [0.1, 0.15) is 11.5 Å². The number of benzene rings is 1. The van der Waals surface area contributed by atoms with E-state index in [0.29, 0.717) is 0 Å². The predicted octanol–water partition coefficient (Wildman–Crippen LogP) is 4.10. The summed E-state index contributed by atoms with van der Waals surface area (Å²) in [6.07, 6.45) is 5.61. The van der Waals surface area contributed by atoms with Crippen LogP contribution in [0.15, 0.2) is 66.5 Å². The molecule has 1 heteroatoms. The number of ether oxygens (including phenoxy) is 1. The van der Waals surface area contributed by atoms with E-state index in [2.05, 4.69) is 6.58 Å².